The van der Waals surface area contributed by atoms with Crippen LogP contribution in [0.5, 0.6) is 11.5 Å². The van der Waals surface area contributed by atoms with Gasteiger partial charge in [-0.1, -0.05) is 0 Å². The molecule has 4 rings (SSSR count). The third-order valence-electron chi connectivity index (χ3n) is 5.37. The van der Waals surface area contributed by atoms with Gasteiger partial charge < -0.3 is 23.6 Å². The lowest BCUT2D eigenvalue weighted by molar-refractivity contribution is -0.139. The molecule has 0 aliphatic heterocycles. The molecule has 0 saturated carbocycles. The fourth-order valence-electron chi connectivity index (χ4n) is 3.65. The number of benzene rings is 2. The molecular formula is C27H23Br2N3O6. The molecule has 0 unspecified atom stereocenters. The zero-order valence-corrected chi connectivity index (χ0v) is 23.6. The molecule has 0 radical (unpaired) electrons. The van der Waals surface area contributed by atoms with Crippen molar-refractivity contribution in [2.24, 2.45) is 5.10 Å². The first-order valence-corrected chi connectivity index (χ1v) is 12.9. The number of hydrazone groups is 1. The van der Waals surface area contributed by atoms with Crippen LogP contribution in [0.1, 0.15) is 33.3 Å². The largest absolute Gasteiger partial charge is 0.486 e. The Labute approximate surface area is 235 Å². The van der Waals surface area contributed by atoms with Crippen LogP contribution in [0, 0.1) is 13.8 Å². The van der Waals surface area contributed by atoms with E-state index in [0.29, 0.717) is 31.8 Å². The SMILES string of the molecule is Cc1ccc(C)n1-c1ccc(OCc2ccc(C(=O)N/N=C/c3cc(Br)c(OCC(=O)O)c(Br)c3)o2)cc1. The predicted molar refractivity (Wildman–Crippen MR) is 148 cm³/mol. The summed E-state index contributed by atoms with van der Waals surface area (Å²) in [6.45, 7) is 3.81. The summed E-state index contributed by atoms with van der Waals surface area (Å²) in [6.07, 6.45) is 1.43. The van der Waals surface area contributed by atoms with Gasteiger partial charge in [-0.25, -0.2) is 10.2 Å². The molecule has 4 aromatic rings. The van der Waals surface area contributed by atoms with Crippen LogP contribution in [-0.2, 0) is 11.4 Å². The Bertz CT molecular complexity index is 1450. The van der Waals surface area contributed by atoms with E-state index in [0.717, 1.165) is 17.1 Å². The van der Waals surface area contributed by atoms with Crippen molar-refractivity contribution in [2.75, 3.05) is 6.61 Å². The molecule has 2 N–H and O–H groups in total. The third-order valence-corrected chi connectivity index (χ3v) is 6.55. The Morgan fingerprint density at radius 3 is 2.29 bits per heavy atom. The second-order valence-corrected chi connectivity index (χ2v) is 9.90. The number of rotatable bonds is 10. The van der Waals surface area contributed by atoms with Crippen LogP contribution in [0.15, 0.2) is 79.1 Å². The number of aryl methyl sites for hydroxylation is 2. The molecule has 2 aromatic heterocycles. The number of hydrogen-bond donors (Lipinski definition) is 2. The maximum atomic E-state index is 12.4. The summed E-state index contributed by atoms with van der Waals surface area (Å²) in [7, 11) is 0. The van der Waals surface area contributed by atoms with E-state index < -0.39 is 18.5 Å². The van der Waals surface area contributed by atoms with Gasteiger partial charge in [-0.3, -0.25) is 4.79 Å². The molecule has 0 atom stereocenters. The van der Waals surface area contributed by atoms with Crippen molar-refractivity contribution in [3.63, 3.8) is 0 Å². The van der Waals surface area contributed by atoms with Gasteiger partial charge in [-0.15, -0.1) is 0 Å². The molecule has 38 heavy (non-hydrogen) atoms. The third kappa shape index (κ3) is 6.73. The van der Waals surface area contributed by atoms with Gasteiger partial charge in [0.05, 0.1) is 15.2 Å². The van der Waals surface area contributed by atoms with Gasteiger partial charge in [-0.2, -0.15) is 5.10 Å². The maximum Gasteiger partial charge on any atom is 0.341 e. The number of furan rings is 1. The van der Waals surface area contributed by atoms with E-state index in [1.54, 1.807) is 24.3 Å². The highest BCUT2D eigenvalue weighted by Gasteiger charge is 2.13. The number of hydrogen-bond acceptors (Lipinski definition) is 6. The molecule has 2 heterocycles. The highest BCUT2D eigenvalue weighted by Crippen LogP contribution is 2.34. The first kappa shape index (κ1) is 27.2. The fraction of sp³-hybridized carbons (Fsp3) is 0.148. The summed E-state index contributed by atoms with van der Waals surface area (Å²) in [6, 6.07) is 18.5. The molecule has 9 nitrogen and oxygen atoms in total. The average Bonchev–Trinajstić information content (AvgIpc) is 3.48. The van der Waals surface area contributed by atoms with E-state index >= 15 is 0 Å². The van der Waals surface area contributed by atoms with Gasteiger partial charge >= 0.3 is 11.9 Å². The summed E-state index contributed by atoms with van der Waals surface area (Å²) in [4.78, 5) is 23.1. The zero-order chi connectivity index (χ0) is 27.2. The van der Waals surface area contributed by atoms with Gasteiger partial charge in [0.15, 0.2) is 12.4 Å². The van der Waals surface area contributed by atoms with Crippen LogP contribution < -0.4 is 14.9 Å². The summed E-state index contributed by atoms with van der Waals surface area (Å²) >= 11 is 6.67. The van der Waals surface area contributed by atoms with Crippen molar-refractivity contribution in [1.29, 1.82) is 0 Å². The number of amides is 1. The Morgan fingerprint density at radius 1 is 1.00 bits per heavy atom. The highest BCUT2D eigenvalue weighted by molar-refractivity contribution is 9.11. The van der Waals surface area contributed by atoms with Crippen LogP contribution in [0.3, 0.4) is 0 Å². The average molecular weight is 645 g/mol. The molecule has 0 saturated heterocycles. The molecule has 0 fully saturated rings. The number of ether oxygens (including phenoxy) is 2. The van der Waals surface area contributed by atoms with Crippen molar-refractivity contribution in [2.45, 2.75) is 20.5 Å². The lowest BCUT2D eigenvalue weighted by atomic mass is 10.2. The number of halogens is 2. The van der Waals surface area contributed by atoms with Gasteiger partial charge in [0, 0.05) is 17.1 Å². The van der Waals surface area contributed by atoms with Gasteiger partial charge in [0.25, 0.3) is 0 Å². The molecule has 1 amide bonds. The number of carboxylic acids is 1. The lowest BCUT2D eigenvalue weighted by Gasteiger charge is -2.10. The van der Waals surface area contributed by atoms with Crippen LogP contribution >= 0.6 is 31.9 Å². The standard InChI is InChI=1S/C27H23Br2N3O6/c1-16-3-4-17(2)32(16)19-5-7-20(8-6-19)36-14-21-9-10-24(38-21)27(35)31-30-13-18-11-22(28)26(23(29)12-18)37-15-25(33)34/h3-13H,14-15H2,1-2H3,(H,31,35)(H,33,34)/b30-13+. The Hall–Kier alpha value is -3.83. The van der Waals surface area contributed by atoms with Gasteiger partial charge in [-0.05, 0) is 112 Å². The minimum Gasteiger partial charge on any atom is -0.486 e. The first-order chi connectivity index (χ1) is 18.2. The van der Waals surface area contributed by atoms with E-state index in [9.17, 15) is 9.59 Å². The Kier molecular flexibility index (Phi) is 8.70. The zero-order valence-electron chi connectivity index (χ0n) is 20.4. The van der Waals surface area contributed by atoms with Crippen molar-refractivity contribution in [1.82, 2.24) is 9.99 Å². The summed E-state index contributed by atoms with van der Waals surface area (Å²) in [5.41, 5.74) is 6.41. The number of nitrogens with zero attached hydrogens (tertiary/aromatic N) is 2. The normalized spacial score (nSPS) is 11.1. The van der Waals surface area contributed by atoms with Crippen LogP contribution in [0.2, 0.25) is 0 Å². The number of aromatic nitrogens is 1. The highest BCUT2D eigenvalue weighted by atomic mass is 79.9. The molecule has 0 aliphatic carbocycles. The van der Waals surface area contributed by atoms with Crippen molar-refractivity contribution in [3.05, 3.63) is 98.1 Å². The fourth-order valence-corrected chi connectivity index (χ4v) is 5.10. The molecule has 11 heteroatoms. The van der Waals surface area contributed by atoms with Gasteiger partial charge in [0.1, 0.15) is 23.9 Å². The molecule has 0 aliphatic rings. The smallest absolute Gasteiger partial charge is 0.341 e. The number of carboxylic acid groups (broad SMARTS) is 1. The Balaban J connectivity index is 1.30. The van der Waals surface area contributed by atoms with Crippen molar-refractivity contribution in [3.8, 4) is 17.2 Å². The molecule has 196 valence electrons. The molecule has 2 aromatic carbocycles. The number of carbonyl (C=O) groups is 2. The topological polar surface area (TPSA) is 115 Å². The first-order valence-electron chi connectivity index (χ1n) is 11.3. The van der Waals surface area contributed by atoms with Crippen LogP contribution in [0.4, 0.5) is 0 Å². The second kappa shape index (κ2) is 12.1. The number of aliphatic carboxylic acids is 1. The second-order valence-electron chi connectivity index (χ2n) is 8.20. The van der Waals surface area contributed by atoms with Crippen LogP contribution in [0.25, 0.3) is 5.69 Å². The van der Waals surface area contributed by atoms with E-state index in [4.69, 9.17) is 19.0 Å². The lowest BCUT2D eigenvalue weighted by Crippen LogP contribution is -2.16. The van der Waals surface area contributed by atoms with Gasteiger partial charge in [0.2, 0.25) is 0 Å². The van der Waals surface area contributed by atoms with E-state index in [2.05, 4.69) is 72.9 Å². The minimum atomic E-state index is -1.09. The van der Waals surface area contributed by atoms with Crippen molar-refractivity contribution < 1.29 is 28.6 Å². The predicted octanol–water partition coefficient (Wildman–Crippen LogP) is 6.02. The van der Waals surface area contributed by atoms with Crippen molar-refractivity contribution >= 4 is 50.0 Å². The van der Waals surface area contributed by atoms with Crippen LogP contribution in [-0.4, -0.2) is 34.4 Å². The van der Waals surface area contributed by atoms with E-state index in [-0.39, 0.29) is 12.4 Å². The minimum absolute atomic E-state index is 0.0921. The maximum absolute atomic E-state index is 12.4. The summed E-state index contributed by atoms with van der Waals surface area (Å²) in [5.74, 6) is 0.00602. The van der Waals surface area contributed by atoms with E-state index in [1.165, 1.54) is 6.21 Å². The molecular weight excluding hydrogens is 622 g/mol. The monoisotopic (exact) mass is 643 g/mol. The number of carbonyl (C=O) groups excluding carboxylic acids is 1. The quantitative estimate of drug-likeness (QED) is 0.161. The molecule has 0 bridgehead atoms. The summed E-state index contributed by atoms with van der Waals surface area (Å²) in [5, 5.41) is 12.7. The summed E-state index contributed by atoms with van der Waals surface area (Å²) < 4.78 is 19.8. The number of nitrogens with one attached hydrogen (secondary N) is 1. The van der Waals surface area contributed by atoms with E-state index in [1.807, 2.05) is 24.3 Å². The Morgan fingerprint density at radius 2 is 1.66 bits per heavy atom. The molecule has 0 spiro atoms.